The average Bonchev–Trinajstić information content (AvgIpc) is 3.20. The maximum atomic E-state index is 12.5. The Bertz CT molecular complexity index is 1340. The van der Waals surface area contributed by atoms with Gasteiger partial charge in [-0.3, -0.25) is 9.89 Å². The Morgan fingerprint density at radius 2 is 1.84 bits per heavy atom. The second kappa shape index (κ2) is 7.47. The van der Waals surface area contributed by atoms with E-state index in [0.29, 0.717) is 24.1 Å². The van der Waals surface area contributed by atoms with Gasteiger partial charge in [-0.1, -0.05) is 18.2 Å². The number of aromatic nitrogens is 5. The fourth-order valence-electron chi connectivity index (χ4n) is 4.70. The van der Waals surface area contributed by atoms with Crippen LogP contribution >= 0.6 is 0 Å². The van der Waals surface area contributed by atoms with Crippen LogP contribution in [-0.4, -0.2) is 48.9 Å². The van der Waals surface area contributed by atoms with E-state index in [9.17, 15) is 9.59 Å². The Balaban J connectivity index is 1.22. The number of hydrogen-bond donors (Lipinski definition) is 2. The van der Waals surface area contributed by atoms with E-state index in [1.807, 2.05) is 41.4 Å². The van der Waals surface area contributed by atoms with Crippen molar-refractivity contribution in [2.45, 2.75) is 25.7 Å². The standard InChI is InChI=1S/C24H24N6O2/c31-23(17-1-2-17)29-10-9-15(14-29)11-22-27-28-24(32)30(22)20-6-3-16(4-7-20)18-5-8-21-19(12-18)13-25-26-21/h3-8,12-13,15,17H,1-2,9-11,14H2,(H,25,26)(H,28,32). The molecule has 1 aliphatic heterocycles. The molecule has 2 aliphatic rings. The van der Waals surface area contributed by atoms with Crippen molar-refractivity contribution in [3.8, 4) is 16.8 Å². The Morgan fingerprint density at radius 3 is 2.66 bits per heavy atom. The summed E-state index contributed by atoms with van der Waals surface area (Å²) in [5, 5.41) is 15.0. The summed E-state index contributed by atoms with van der Waals surface area (Å²) in [5.74, 6) is 1.60. The summed E-state index contributed by atoms with van der Waals surface area (Å²) in [6, 6.07) is 14.1. The molecule has 1 saturated carbocycles. The molecule has 8 nitrogen and oxygen atoms in total. The Labute approximate surface area is 184 Å². The summed E-state index contributed by atoms with van der Waals surface area (Å²) in [5.41, 5.74) is 3.72. The van der Waals surface area contributed by atoms with Crippen molar-refractivity contribution in [2.75, 3.05) is 13.1 Å². The van der Waals surface area contributed by atoms with Gasteiger partial charge in [0.2, 0.25) is 5.91 Å². The van der Waals surface area contributed by atoms with E-state index in [4.69, 9.17) is 0 Å². The van der Waals surface area contributed by atoms with Crippen molar-refractivity contribution in [1.82, 2.24) is 29.9 Å². The molecule has 3 heterocycles. The number of rotatable bonds is 5. The van der Waals surface area contributed by atoms with Crippen molar-refractivity contribution in [3.05, 3.63) is 65.0 Å². The Kier molecular flexibility index (Phi) is 4.45. The van der Waals surface area contributed by atoms with E-state index in [0.717, 1.165) is 60.1 Å². The third kappa shape index (κ3) is 3.41. The van der Waals surface area contributed by atoms with Gasteiger partial charge in [0, 0.05) is 30.8 Å². The number of benzene rings is 2. The van der Waals surface area contributed by atoms with Crippen molar-refractivity contribution in [1.29, 1.82) is 0 Å². The number of aromatic amines is 2. The summed E-state index contributed by atoms with van der Waals surface area (Å²) in [7, 11) is 0. The maximum Gasteiger partial charge on any atom is 0.347 e. The molecule has 1 unspecified atom stereocenters. The van der Waals surface area contributed by atoms with Crippen molar-refractivity contribution < 1.29 is 4.79 Å². The fourth-order valence-corrected chi connectivity index (χ4v) is 4.70. The van der Waals surface area contributed by atoms with Crippen LogP contribution in [0, 0.1) is 11.8 Å². The van der Waals surface area contributed by atoms with Crippen LogP contribution in [0.4, 0.5) is 0 Å². The number of carbonyl (C=O) groups is 1. The Morgan fingerprint density at radius 1 is 1.03 bits per heavy atom. The number of hydrogen-bond acceptors (Lipinski definition) is 4. The van der Waals surface area contributed by atoms with Crippen LogP contribution in [0.3, 0.4) is 0 Å². The van der Waals surface area contributed by atoms with Crippen molar-refractivity contribution >= 4 is 16.8 Å². The number of likely N-dealkylation sites (tertiary alicyclic amines) is 1. The normalized spacial score (nSPS) is 18.5. The minimum absolute atomic E-state index is 0.239. The third-order valence-corrected chi connectivity index (χ3v) is 6.64. The molecule has 4 aromatic rings. The summed E-state index contributed by atoms with van der Waals surface area (Å²) in [6.07, 6.45) is 5.50. The monoisotopic (exact) mass is 428 g/mol. The number of carbonyl (C=O) groups excluding carboxylic acids is 1. The quantitative estimate of drug-likeness (QED) is 0.510. The molecule has 6 rings (SSSR count). The van der Waals surface area contributed by atoms with E-state index in [1.165, 1.54) is 0 Å². The van der Waals surface area contributed by atoms with Gasteiger partial charge in [0.05, 0.1) is 17.4 Å². The molecule has 1 atom stereocenters. The predicted octanol–water partition coefficient (Wildman–Crippen LogP) is 2.90. The molecular weight excluding hydrogens is 404 g/mol. The van der Waals surface area contributed by atoms with Gasteiger partial charge in [0.1, 0.15) is 5.82 Å². The zero-order chi connectivity index (χ0) is 21.7. The molecule has 1 amide bonds. The summed E-state index contributed by atoms with van der Waals surface area (Å²) in [4.78, 5) is 26.9. The lowest BCUT2D eigenvalue weighted by molar-refractivity contribution is -0.131. The van der Waals surface area contributed by atoms with E-state index < -0.39 is 0 Å². The van der Waals surface area contributed by atoms with Gasteiger partial charge < -0.3 is 4.90 Å². The van der Waals surface area contributed by atoms with Gasteiger partial charge in [-0.25, -0.2) is 14.5 Å². The first-order valence-corrected chi connectivity index (χ1v) is 11.1. The molecule has 2 N–H and O–H groups in total. The van der Waals surface area contributed by atoms with E-state index in [1.54, 1.807) is 4.57 Å². The number of fused-ring (bicyclic) bond motifs is 1. The summed E-state index contributed by atoms with van der Waals surface area (Å²) in [6.45, 7) is 1.57. The van der Waals surface area contributed by atoms with E-state index >= 15 is 0 Å². The first-order valence-electron chi connectivity index (χ1n) is 11.1. The molecular formula is C24H24N6O2. The molecule has 1 aliphatic carbocycles. The lowest BCUT2D eigenvalue weighted by Gasteiger charge is -2.16. The maximum absolute atomic E-state index is 12.5. The van der Waals surface area contributed by atoms with E-state index in [-0.39, 0.29) is 11.6 Å². The number of amides is 1. The molecule has 0 radical (unpaired) electrons. The predicted molar refractivity (Wildman–Crippen MR) is 120 cm³/mol. The van der Waals surface area contributed by atoms with Gasteiger partial charge in [-0.05, 0) is 60.6 Å². The van der Waals surface area contributed by atoms with Crippen molar-refractivity contribution in [3.63, 3.8) is 0 Å². The zero-order valence-corrected chi connectivity index (χ0v) is 17.6. The highest BCUT2D eigenvalue weighted by Crippen LogP contribution is 2.33. The highest BCUT2D eigenvalue weighted by Gasteiger charge is 2.36. The number of nitrogens with zero attached hydrogens (tertiary/aromatic N) is 4. The van der Waals surface area contributed by atoms with Crippen LogP contribution in [0.25, 0.3) is 27.7 Å². The summed E-state index contributed by atoms with van der Waals surface area (Å²) < 4.78 is 1.65. The first kappa shape index (κ1) is 19.0. The van der Waals surface area contributed by atoms with Gasteiger partial charge >= 0.3 is 5.69 Å². The SMILES string of the molecule is O=C(C1CC1)N1CCC(Cc2n[nH]c(=O)n2-c2ccc(-c3ccc4[nH]ncc4c3)cc2)C1. The van der Waals surface area contributed by atoms with Crippen LogP contribution in [-0.2, 0) is 11.2 Å². The highest BCUT2D eigenvalue weighted by atomic mass is 16.2. The van der Waals surface area contributed by atoms with Gasteiger partial charge in [0.15, 0.2) is 0 Å². The van der Waals surface area contributed by atoms with Crippen LogP contribution < -0.4 is 5.69 Å². The van der Waals surface area contributed by atoms with Crippen LogP contribution in [0.1, 0.15) is 25.1 Å². The molecule has 2 aromatic heterocycles. The molecule has 8 heteroatoms. The van der Waals surface area contributed by atoms with Gasteiger partial charge in [0.25, 0.3) is 0 Å². The largest absolute Gasteiger partial charge is 0.347 e. The third-order valence-electron chi connectivity index (χ3n) is 6.64. The second-order valence-corrected chi connectivity index (χ2v) is 8.92. The number of H-pyrrole nitrogens is 2. The lowest BCUT2D eigenvalue weighted by Crippen LogP contribution is -2.30. The molecule has 162 valence electrons. The second-order valence-electron chi connectivity index (χ2n) is 8.92. The van der Waals surface area contributed by atoms with E-state index in [2.05, 4.69) is 32.5 Å². The molecule has 1 saturated heterocycles. The smallest absolute Gasteiger partial charge is 0.342 e. The molecule has 0 spiro atoms. The minimum Gasteiger partial charge on any atom is -0.342 e. The molecule has 2 fully saturated rings. The van der Waals surface area contributed by atoms with Crippen LogP contribution in [0.2, 0.25) is 0 Å². The van der Waals surface area contributed by atoms with Crippen molar-refractivity contribution in [2.24, 2.45) is 11.8 Å². The van der Waals surface area contributed by atoms with Gasteiger partial charge in [-0.15, -0.1) is 0 Å². The first-order chi connectivity index (χ1) is 15.7. The zero-order valence-electron chi connectivity index (χ0n) is 17.6. The average molecular weight is 428 g/mol. The fraction of sp³-hybridized carbons (Fsp3) is 0.333. The molecule has 2 aromatic carbocycles. The molecule has 0 bridgehead atoms. The lowest BCUT2D eigenvalue weighted by atomic mass is 10.0. The van der Waals surface area contributed by atoms with Gasteiger partial charge in [-0.2, -0.15) is 10.2 Å². The summed E-state index contributed by atoms with van der Waals surface area (Å²) >= 11 is 0. The van der Waals surface area contributed by atoms with Crippen LogP contribution in [0.5, 0.6) is 0 Å². The molecule has 32 heavy (non-hydrogen) atoms. The minimum atomic E-state index is -0.239. The number of nitrogens with one attached hydrogen (secondary N) is 2. The highest BCUT2D eigenvalue weighted by molar-refractivity contribution is 5.84. The Hall–Kier alpha value is -3.68. The topological polar surface area (TPSA) is 99.7 Å². The van der Waals surface area contributed by atoms with Crippen LogP contribution in [0.15, 0.2) is 53.5 Å².